The van der Waals surface area contributed by atoms with Crippen molar-refractivity contribution in [1.29, 1.82) is 0 Å². The highest BCUT2D eigenvalue weighted by molar-refractivity contribution is 5.99. The number of anilines is 1. The molecule has 2 N–H and O–H groups in total. The van der Waals surface area contributed by atoms with Gasteiger partial charge in [0.1, 0.15) is 5.75 Å². The fourth-order valence-electron chi connectivity index (χ4n) is 2.09. The van der Waals surface area contributed by atoms with Crippen molar-refractivity contribution in [3.05, 3.63) is 24.3 Å². The number of rotatable bonds is 6. The summed E-state index contributed by atoms with van der Waals surface area (Å²) in [5.74, 6) is -0.965. The van der Waals surface area contributed by atoms with Gasteiger partial charge in [0, 0.05) is 5.54 Å². The van der Waals surface area contributed by atoms with E-state index in [1.54, 1.807) is 24.3 Å². The van der Waals surface area contributed by atoms with Crippen molar-refractivity contribution in [2.45, 2.75) is 45.3 Å². The molecule has 0 fully saturated rings. The molecule has 0 spiro atoms. The normalized spacial score (nSPS) is 16.5. The monoisotopic (exact) mass is 334 g/mol. The Balaban J connectivity index is 1.83. The Labute approximate surface area is 140 Å². The first kappa shape index (κ1) is 17.8. The van der Waals surface area contributed by atoms with Gasteiger partial charge in [0.05, 0.1) is 12.1 Å². The molecule has 0 saturated carbocycles. The largest absolute Gasteiger partial charge is 0.478 e. The lowest BCUT2D eigenvalue weighted by atomic mass is 10.0. The Morgan fingerprint density at radius 1 is 1.33 bits per heavy atom. The van der Waals surface area contributed by atoms with E-state index in [1.165, 1.54) is 0 Å². The quantitative estimate of drug-likeness (QED) is 0.771. The third kappa shape index (κ3) is 4.71. The van der Waals surface area contributed by atoms with Crippen LogP contribution in [0.15, 0.2) is 24.3 Å². The van der Waals surface area contributed by atoms with Crippen molar-refractivity contribution in [3.63, 3.8) is 0 Å². The number of esters is 1. The molecule has 1 heterocycles. The van der Waals surface area contributed by atoms with E-state index in [4.69, 9.17) is 9.47 Å². The average molecular weight is 334 g/mol. The Kier molecular flexibility index (Phi) is 5.43. The van der Waals surface area contributed by atoms with Crippen LogP contribution in [0.2, 0.25) is 0 Å². The van der Waals surface area contributed by atoms with Crippen LogP contribution in [0.5, 0.6) is 5.75 Å². The summed E-state index contributed by atoms with van der Waals surface area (Å²) in [6.07, 6.45) is -0.477. The standard InChI is InChI=1S/C17H22N2O5/c1-4-17(2,3)19-14(20)10-23-15(21)9-13-16(22)18-11-7-5-6-8-12(11)24-13/h5-8,13H,4,9-10H2,1-3H3,(H,18,22)(H,19,20)/t13-/m1/s1. The highest BCUT2D eigenvalue weighted by Gasteiger charge is 2.30. The lowest BCUT2D eigenvalue weighted by Crippen LogP contribution is -2.45. The molecular weight excluding hydrogens is 312 g/mol. The van der Waals surface area contributed by atoms with Gasteiger partial charge in [0.25, 0.3) is 11.8 Å². The van der Waals surface area contributed by atoms with E-state index in [0.717, 1.165) is 6.42 Å². The molecule has 7 nitrogen and oxygen atoms in total. The fourth-order valence-corrected chi connectivity index (χ4v) is 2.09. The van der Waals surface area contributed by atoms with Gasteiger partial charge in [-0.2, -0.15) is 0 Å². The molecule has 1 aromatic carbocycles. The average Bonchev–Trinajstić information content (AvgIpc) is 2.53. The number of fused-ring (bicyclic) bond motifs is 1. The number of hydrogen-bond donors (Lipinski definition) is 2. The van der Waals surface area contributed by atoms with E-state index in [1.807, 2.05) is 20.8 Å². The lowest BCUT2D eigenvalue weighted by Gasteiger charge is -2.25. The summed E-state index contributed by atoms with van der Waals surface area (Å²) in [6, 6.07) is 6.95. The predicted molar refractivity (Wildman–Crippen MR) is 87.6 cm³/mol. The van der Waals surface area contributed by atoms with Gasteiger partial charge in [-0.15, -0.1) is 0 Å². The van der Waals surface area contributed by atoms with Gasteiger partial charge >= 0.3 is 5.97 Å². The minimum Gasteiger partial charge on any atom is -0.478 e. The number of ether oxygens (including phenoxy) is 2. The van der Waals surface area contributed by atoms with E-state index >= 15 is 0 Å². The molecule has 7 heteroatoms. The summed E-state index contributed by atoms with van der Waals surface area (Å²) in [5, 5.41) is 5.43. The molecular formula is C17H22N2O5. The zero-order valence-corrected chi connectivity index (χ0v) is 14.0. The Morgan fingerprint density at radius 3 is 2.75 bits per heavy atom. The van der Waals surface area contributed by atoms with Crippen molar-refractivity contribution >= 4 is 23.5 Å². The molecule has 0 saturated heterocycles. The van der Waals surface area contributed by atoms with Crippen LogP contribution in [0, 0.1) is 0 Å². The van der Waals surface area contributed by atoms with Crippen molar-refractivity contribution in [2.24, 2.45) is 0 Å². The van der Waals surface area contributed by atoms with E-state index in [-0.39, 0.29) is 24.5 Å². The predicted octanol–water partition coefficient (Wildman–Crippen LogP) is 1.62. The van der Waals surface area contributed by atoms with Gasteiger partial charge < -0.3 is 20.1 Å². The highest BCUT2D eigenvalue weighted by Crippen LogP contribution is 2.29. The maximum atomic E-state index is 11.9. The molecule has 2 amide bonds. The van der Waals surface area contributed by atoms with Crippen LogP contribution in [-0.4, -0.2) is 36.0 Å². The van der Waals surface area contributed by atoms with Crippen LogP contribution in [0.3, 0.4) is 0 Å². The summed E-state index contributed by atoms with van der Waals surface area (Å²) in [5.41, 5.74) is 0.202. The molecule has 0 aliphatic carbocycles. The molecule has 1 aliphatic heterocycles. The summed E-state index contributed by atoms with van der Waals surface area (Å²) in [6.45, 7) is 5.32. The van der Waals surface area contributed by atoms with Crippen molar-refractivity contribution in [1.82, 2.24) is 5.32 Å². The number of hydrogen-bond acceptors (Lipinski definition) is 5. The first-order valence-electron chi connectivity index (χ1n) is 7.84. The van der Waals surface area contributed by atoms with Crippen LogP contribution in [0.1, 0.15) is 33.6 Å². The molecule has 2 rings (SSSR count). The van der Waals surface area contributed by atoms with Crippen LogP contribution >= 0.6 is 0 Å². The van der Waals surface area contributed by atoms with Crippen LogP contribution in [0.25, 0.3) is 0 Å². The van der Waals surface area contributed by atoms with Crippen LogP contribution < -0.4 is 15.4 Å². The van der Waals surface area contributed by atoms with Crippen molar-refractivity contribution in [3.8, 4) is 5.75 Å². The molecule has 0 bridgehead atoms. The van der Waals surface area contributed by atoms with E-state index in [9.17, 15) is 14.4 Å². The number of carbonyl (C=O) groups excluding carboxylic acids is 3. The van der Waals surface area contributed by atoms with Gasteiger partial charge in [-0.25, -0.2) is 0 Å². The summed E-state index contributed by atoms with van der Waals surface area (Å²) < 4.78 is 10.4. The minimum absolute atomic E-state index is 0.259. The third-order valence-corrected chi connectivity index (χ3v) is 3.78. The van der Waals surface area contributed by atoms with Crippen molar-refractivity contribution in [2.75, 3.05) is 11.9 Å². The number of benzene rings is 1. The molecule has 0 radical (unpaired) electrons. The first-order valence-corrected chi connectivity index (χ1v) is 7.84. The minimum atomic E-state index is -0.970. The molecule has 1 aromatic rings. The molecule has 0 aromatic heterocycles. The number of carbonyl (C=O) groups is 3. The van der Waals surface area contributed by atoms with Gasteiger partial charge in [-0.1, -0.05) is 19.1 Å². The smallest absolute Gasteiger partial charge is 0.310 e. The molecule has 130 valence electrons. The lowest BCUT2D eigenvalue weighted by molar-refractivity contribution is -0.151. The Morgan fingerprint density at radius 2 is 2.04 bits per heavy atom. The topological polar surface area (TPSA) is 93.7 Å². The third-order valence-electron chi connectivity index (χ3n) is 3.78. The number of nitrogens with one attached hydrogen (secondary N) is 2. The Hall–Kier alpha value is -2.57. The highest BCUT2D eigenvalue weighted by atomic mass is 16.5. The fraction of sp³-hybridized carbons (Fsp3) is 0.471. The van der Waals surface area contributed by atoms with Gasteiger partial charge in [0.2, 0.25) is 0 Å². The number of para-hydroxylation sites is 2. The maximum Gasteiger partial charge on any atom is 0.310 e. The van der Waals surface area contributed by atoms with Gasteiger partial charge in [-0.3, -0.25) is 14.4 Å². The molecule has 1 aliphatic rings. The maximum absolute atomic E-state index is 11.9. The van der Waals surface area contributed by atoms with Crippen LogP contribution in [-0.2, 0) is 19.1 Å². The van der Waals surface area contributed by atoms with Crippen molar-refractivity contribution < 1.29 is 23.9 Å². The number of amides is 2. The first-order chi connectivity index (χ1) is 11.3. The zero-order valence-electron chi connectivity index (χ0n) is 14.0. The Bertz CT molecular complexity index is 642. The van der Waals surface area contributed by atoms with Crippen LogP contribution in [0.4, 0.5) is 5.69 Å². The second-order valence-corrected chi connectivity index (χ2v) is 6.24. The zero-order chi connectivity index (χ0) is 17.7. The molecule has 0 unspecified atom stereocenters. The summed E-state index contributed by atoms with van der Waals surface area (Å²) >= 11 is 0. The second kappa shape index (κ2) is 7.33. The van der Waals surface area contributed by atoms with Gasteiger partial charge in [0.15, 0.2) is 12.7 Å². The van der Waals surface area contributed by atoms with E-state index < -0.39 is 18.0 Å². The van der Waals surface area contributed by atoms with E-state index in [2.05, 4.69) is 10.6 Å². The molecule has 1 atom stereocenters. The summed E-state index contributed by atoms with van der Waals surface area (Å²) in [4.78, 5) is 35.5. The van der Waals surface area contributed by atoms with Gasteiger partial charge in [-0.05, 0) is 32.4 Å². The SMILES string of the molecule is CCC(C)(C)NC(=O)COC(=O)C[C@H]1Oc2ccccc2NC1=O. The van der Waals surface area contributed by atoms with E-state index in [0.29, 0.717) is 11.4 Å². The second-order valence-electron chi connectivity index (χ2n) is 6.24. The summed E-state index contributed by atoms with van der Waals surface area (Å²) in [7, 11) is 0. The molecule has 24 heavy (non-hydrogen) atoms.